The Morgan fingerprint density at radius 2 is 1.86 bits per heavy atom. The third kappa shape index (κ3) is 6.03. The van der Waals surface area contributed by atoms with Gasteiger partial charge >= 0.3 is 5.97 Å². The Labute approximate surface area is 130 Å². The van der Waals surface area contributed by atoms with Gasteiger partial charge < -0.3 is 19.5 Å². The second-order valence-corrected chi connectivity index (χ2v) is 5.32. The van der Waals surface area contributed by atoms with Crippen LogP contribution in [0.2, 0.25) is 0 Å². The fraction of sp³-hybridized carbons (Fsp3) is 0.500. The van der Waals surface area contributed by atoms with Crippen molar-refractivity contribution in [3.05, 3.63) is 24.3 Å². The van der Waals surface area contributed by atoms with E-state index in [1.165, 1.54) is 12.0 Å². The topological polar surface area (TPSA) is 76.1 Å². The molecule has 0 saturated heterocycles. The van der Waals surface area contributed by atoms with Gasteiger partial charge in [-0.3, -0.25) is 9.59 Å². The van der Waals surface area contributed by atoms with E-state index in [2.05, 4.69) is 0 Å². The number of benzene rings is 1. The molecule has 1 amide bonds. The molecule has 122 valence electrons. The molecule has 1 aromatic rings. The Kier molecular flexibility index (Phi) is 7.22. The lowest BCUT2D eigenvalue weighted by atomic mass is 10.2. The maximum atomic E-state index is 12.2. The molecule has 0 aliphatic rings. The Bertz CT molecular complexity index is 501. The molecule has 0 heterocycles. The van der Waals surface area contributed by atoms with Crippen LogP contribution in [0.5, 0.6) is 11.5 Å². The summed E-state index contributed by atoms with van der Waals surface area (Å²) in [5.74, 6) is 0.134. The number of carbonyl (C=O) groups is 2. The molecular weight excluding hydrogens is 286 g/mol. The van der Waals surface area contributed by atoms with Crippen LogP contribution in [-0.4, -0.2) is 48.7 Å². The molecule has 6 heteroatoms. The van der Waals surface area contributed by atoms with Crippen molar-refractivity contribution in [2.45, 2.75) is 20.3 Å². The lowest BCUT2D eigenvalue weighted by Crippen LogP contribution is -2.39. The molecule has 1 aromatic carbocycles. The first-order valence-electron chi connectivity index (χ1n) is 7.19. The normalized spacial score (nSPS) is 10.4. The lowest BCUT2D eigenvalue weighted by molar-refractivity contribution is -0.139. The van der Waals surface area contributed by atoms with Gasteiger partial charge in [0.1, 0.15) is 0 Å². The van der Waals surface area contributed by atoms with Gasteiger partial charge in [-0.2, -0.15) is 0 Å². The van der Waals surface area contributed by atoms with Crippen molar-refractivity contribution in [2.75, 3.05) is 26.8 Å². The van der Waals surface area contributed by atoms with Crippen molar-refractivity contribution >= 4 is 11.9 Å². The van der Waals surface area contributed by atoms with E-state index in [0.717, 1.165) is 0 Å². The molecule has 1 rings (SSSR count). The molecule has 6 nitrogen and oxygen atoms in total. The van der Waals surface area contributed by atoms with Gasteiger partial charge in [0.2, 0.25) is 0 Å². The van der Waals surface area contributed by atoms with Crippen LogP contribution in [0.15, 0.2) is 24.3 Å². The monoisotopic (exact) mass is 309 g/mol. The summed E-state index contributed by atoms with van der Waals surface area (Å²) in [5.41, 5.74) is 0. The van der Waals surface area contributed by atoms with Crippen molar-refractivity contribution in [3.8, 4) is 11.5 Å². The SMILES string of the molecule is COc1ccccc1OCC(=O)N(CCC(=O)O)CC(C)C. The first kappa shape index (κ1) is 17.8. The summed E-state index contributed by atoms with van der Waals surface area (Å²) in [7, 11) is 1.53. The summed E-state index contributed by atoms with van der Waals surface area (Å²) in [4.78, 5) is 24.4. The van der Waals surface area contributed by atoms with E-state index < -0.39 is 5.97 Å². The molecular formula is C16H23NO5. The Morgan fingerprint density at radius 3 is 2.41 bits per heavy atom. The third-order valence-electron chi connectivity index (χ3n) is 2.95. The zero-order chi connectivity index (χ0) is 16.5. The highest BCUT2D eigenvalue weighted by Gasteiger charge is 2.17. The Hall–Kier alpha value is -2.24. The Morgan fingerprint density at radius 1 is 1.23 bits per heavy atom. The first-order chi connectivity index (χ1) is 10.4. The summed E-state index contributed by atoms with van der Waals surface area (Å²) in [6.07, 6.45) is -0.0763. The molecule has 0 unspecified atom stereocenters. The zero-order valence-electron chi connectivity index (χ0n) is 13.2. The van der Waals surface area contributed by atoms with Gasteiger partial charge in [0, 0.05) is 13.1 Å². The van der Waals surface area contributed by atoms with Gasteiger partial charge in [-0.15, -0.1) is 0 Å². The fourth-order valence-corrected chi connectivity index (χ4v) is 1.96. The van der Waals surface area contributed by atoms with Crippen LogP contribution in [0.3, 0.4) is 0 Å². The number of amides is 1. The molecule has 0 fully saturated rings. The third-order valence-corrected chi connectivity index (χ3v) is 2.95. The molecule has 0 aliphatic heterocycles. The summed E-state index contributed by atoms with van der Waals surface area (Å²) < 4.78 is 10.6. The maximum Gasteiger partial charge on any atom is 0.305 e. The van der Waals surface area contributed by atoms with Gasteiger partial charge in [-0.1, -0.05) is 26.0 Å². The maximum absolute atomic E-state index is 12.2. The van der Waals surface area contributed by atoms with E-state index in [9.17, 15) is 9.59 Å². The van der Waals surface area contributed by atoms with Gasteiger partial charge in [-0.25, -0.2) is 0 Å². The van der Waals surface area contributed by atoms with E-state index in [-0.39, 0.29) is 31.4 Å². The number of ether oxygens (including phenoxy) is 2. The number of rotatable bonds is 9. The van der Waals surface area contributed by atoms with Crippen LogP contribution in [0.4, 0.5) is 0 Å². The number of carboxylic acid groups (broad SMARTS) is 1. The smallest absolute Gasteiger partial charge is 0.305 e. The van der Waals surface area contributed by atoms with Crippen LogP contribution >= 0.6 is 0 Å². The molecule has 0 bridgehead atoms. The Balaban J connectivity index is 2.63. The second-order valence-electron chi connectivity index (χ2n) is 5.32. The van der Waals surface area contributed by atoms with E-state index in [0.29, 0.717) is 18.0 Å². The minimum Gasteiger partial charge on any atom is -0.493 e. The number of nitrogens with zero attached hydrogens (tertiary/aromatic N) is 1. The van der Waals surface area contributed by atoms with E-state index >= 15 is 0 Å². The van der Waals surface area contributed by atoms with Crippen molar-refractivity contribution in [2.24, 2.45) is 5.92 Å². The van der Waals surface area contributed by atoms with Crippen molar-refractivity contribution in [1.82, 2.24) is 4.90 Å². The molecule has 1 N–H and O–H groups in total. The largest absolute Gasteiger partial charge is 0.493 e. The molecule has 0 aromatic heterocycles. The summed E-state index contributed by atoms with van der Waals surface area (Å²) in [6, 6.07) is 7.07. The van der Waals surface area contributed by atoms with E-state index in [1.807, 2.05) is 19.9 Å². The number of para-hydroxylation sites is 2. The van der Waals surface area contributed by atoms with Crippen molar-refractivity contribution in [3.63, 3.8) is 0 Å². The highest BCUT2D eigenvalue weighted by Crippen LogP contribution is 2.25. The minimum absolute atomic E-state index is 0.0763. The number of carboxylic acids is 1. The average molecular weight is 309 g/mol. The standard InChI is InChI=1S/C16H23NO5/c1-12(2)10-17(9-8-16(19)20)15(18)11-22-14-7-5-4-6-13(14)21-3/h4-7,12H,8-11H2,1-3H3,(H,19,20). The number of carbonyl (C=O) groups excluding carboxylic acids is 1. The number of hydrogen-bond donors (Lipinski definition) is 1. The second kappa shape index (κ2) is 8.92. The number of hydrogen-bond acceptors (Lipinski definition) is 4. The predicted molar refractivity (Wildman–Crippen MR) is 82.2 cm³/mol. The highest BCUT2D eigenvalue weighted by molar-refractivity contribution is 5.78. The lowest BCUT2D eigenvalue weighted by Gasteiger charge is -2.24. The molecule has 22 heavy (non-hydrogen) atoms. The highest BCUT2D eigenvalue weighted by atomic mass is 16.5. The minimum atomic E-state index is -0.924. The molecule has 0 spiro atoms. The summed E-state index contributed by atoms with van der Waals surface area (Å²) >= 11 is 0. The quantitative estimate of drug-likeness (QED) is 0.755. The van der Waals surface area contributed by atoms with Crippen LogP contribution in [0.25, 0.3) is 0 Å². The zero-order valence-corrected chi connectivity index (χ0v) is 13.2. The van der Waals surface area contributed by atoms with Crippen LogP contribution in [0.1, 0.15) is 20.3 Å². The van der Waals surface area contributed by atoms with Gasteiger partial charge in [0.15, 0.2) is 18.1 Å². The van der Waals surface area contributed by atoms with Gasteiger partial charge in [0.25, 0.3) is 5.91 Å². The number of methoxy groups -OCH3 is 1. The number of aliphatic carboxylic acids is 1. The molecule has 0 atom stereocenters. The van der Waals surface area contributed by atoms with Gasteiger partial charge in [-0.05, 0) is 18.1 Å². The molecule has 0 radical (unpaired) electrons. The average Bonchev–Trinajstić information content (AvgIpc) is 2.48. The van der Waals surface area contributed by atoms with Crippen molar-refractivity contribution in [1.29, 1.82) is 0 Å². The van der Waals surface area contributed by atoms with Crippen molar-refractivity contribution < 1.29 is 24.2 Å². The van der Waals surface area contributed by atoms with Crippen LogP contribution in [0, 0.1) is 5.92 Å². The van der Waals surface area contributed by atoms with E-state index in [4.69, 9.17) is 14.6 Å². The van der Waals surface area contributed by atoms with E-state index in [1.54, 1.807) is 18.2 Å². The first-order valence-corrected chi connectivity index (χ1v) is 7.19. The fourth-order valence-electron chi connectivity index (χ4n) is 1.96. The summed E-state index contributed by atoms with van der Waals surface area (Å²) in [6.45, 7) is 4.49. The molecule has 0 aliphatic carbocycles. The molecule has 0 saturated carbocycles. The van der Waals surface area contributed by atoms with Crippen LogP contribution < -0.4 is 9.47 Å². The van der Waals surface area contributed by atoms with Gasteiger partial charge in [0.05, 0.1) is 13.5 Å². The summed E-state index contributed by atoms with van der Waals surface area (Å²) in [5, 5.41) is 8.77. The van der Waals surface area contributed by atoms with Crippen LogP contribution in [-0.2, 0) is 9.59 Å². The predicted octanol–water partition coefficient (Wildman–Crippen LogP) is 2.03.